The summed E-state index contributed by atoms with van der Waals surface area (Å²) >= 11 is 0. The van der Waals surface area contributed by atoms with E-state index in [4.69, 9.17) is 21.0 Å². The van der Waals surface area contributed by atoms with E-state index in [-0.39, 0.29) is 29.5 Å². The van der Waals surface area contributed by atoms with E-state index in [0.717, 1.165) is 38.3 Å². The van der Waals surface area contributed by atoms with Crippen molar-refractivity contribution in [1.29, 1.82) is 16.2 Å². The van der Waals surface area contributed by atoms with Crippen molar-refractivity contribution in [3.63, 3.8) is 0 Å². The van der Waals surface area contributed by atoms with Gasteiger partial charge in [0.15, 0.2) is 5.78 Å². The number of hydrogen-bond acceptors (Lipinski definition) is 7. The van der Waals surface area contributed by atoms with Crippen molar-refractivity contribution >= 4 is 34.9 Å². The van der Waals surface area contributed by atoms with Gasteiger partial charge in [0.1, 0.15) is 17.6 Å². The van der Waals surface area contributed by atoms with Crippen molar-refractivity contribution in [2.24, 2.45) is 11.8 Å². The first-order chi connectivity index (χ1) is 13.9. The Labute approximate surface area is 171 Å². The van der Waals surface area contributed by atoms with Gasteiger partial charge < -0.3 is 26.3 Å². The molecule has 0 spiro atoms. The lowest BCUT2D eigenvalue weighted by Crippen LogP contribution is -2.45. The monoisotopic (exact) mass is 398 g/mol. The number of rotatable bonds is 11. The average molecular weight is 399 g/mol. The molecule has 2 rings (SSSR count). The minimum atomic E-state index is -1.08. The molecule has 1 aliphatic carbocycles. The SMILES string of the molecule is COc1cccc(NC(C(=N)CC(C)=O)C(=O)C(C=N)C(=N)C2CCCCC2)c1. The van der Waals surface area contributed by atoms with Gasteiger partial charge in [0.05, 0.1) is 13.0 Å². The predicted octanol–water partition coefficient (Wildman–Crippen LogP) is 3.91. The fourth-order valence-electron chi connectivity index (χ4n) is 3.75. The van der Waals surface area contributed by atoms with Crippen LogP contribution in [0.3, 0.4) is 0 Å². The van der Waals surface area contributed by atoms with Crippen LogP contribution in [0, 0.1) is 28.1 Å². The molecule has 0 bridgehead atoms. The number of benzene rings is 1. The second-order valence-corrected chi connectivity index (χ2v) is 7.55. The summed E-state index contributed by atoms with van der Waals surface area (Å²) in [5.41, 5.74) is 0.760. The van der Waals surface area contributed by atoms with Gasteiger partial charge in [-0.05, 0) is 37.8 Å². The molecule has 7 nitrogen and oxygen atoms in total. The van der Waals surface area contributed by atoms with E-state index < -0.39 is 17.7 Å². The maximum atomic E-state index is 13.3. The quantitative estimate of drug-likeness (QED) is 0.421. The summed E-state index contributed by atoms with van der Waals surface area (Å²) in [7, 11) is 1.54. The van der Waals surface area contributed by atoms with Crippen LogP contribution in [-0.2, 0) is 9.59 Å². The number of hydrogen-bond donors (Lipinski definition) is 4. The highest BCUT2D eigenvalue weighted by atomic mass is 16.5. The Morgan fingerprint density at radius 1 is 1.24 bits per heavy atom. The smallest absolute Gasteiger partial charge is 0.174 e. The van der Waals surface area contributed by atoms with Crippen LogP contribution in [0.4, 0.5) is 5.69 Å². The van der Waals surface area contributed by atoms with Crippen molar-refractivity contribution in [2.75, 3.05) is 12.4 Å². The summed E-state index contributed by atoms with van der Waals surface area (Å²) in [5, 5.41) is 27.7. The van der Waals surface area contributed by atoms with Crippen LogP contribution < -0.4 is 10.1 Å². The molecule has 7 heteroatoms. The summed E-state index contributed by atoms with van der Waals surface area (Å²) in [6, 6.07) is 5.89. The molecule has 1 saturated carbocycles. The first kappa shape index (κ1) is 22.5. The normalized spacial score (nSPS) is 16.3. The molecule has 0 amide bonds. The molecule has 1 aromatic rings. The van der Waals surface area contributed by atoms with Gasteiger partial charge in [0, 0.05) is 35.8 Å². The molecule has 29 heavy (non-hydrogen) atoms. The molecule has 0 heterocycles. The minimum Gasteiger partial charge on any atom is -0.497 e. The van der Waals surface area contributed by atoms with Crippen LogP contribution in [0.2, 0.25) is 0 Å². The Balaban J connectivity index is 2.27. The van der Waals surface area contributed by atoms with Crippen LogP contribution >= 0.6 is 0 Å². The van der Waals surface area contributed by atoms with E-state index >= 15 is 0 Å². The maximum Gasteiger partial charge on any atom is 0.174 e. The Morgan fingerprint density at radius 2 is 1.93 bits per heavy atom. The first-order valence-corrected chi connectivity index (χ1v) is 9.97. The number of carbonyl (C=O) groups excluding carboxylic acids is 2. The van der Waals surface area contributed by atoms with E-state index in [9.17, 15) is 9.59 Å². The molecule has 0 saturated heterocycles. The van der Waals surface area contributed by atoms with Crippen molar-refractivity contribution < 1.29 is 14.3 Å². The van der Waals surface area contributed by atoms with Gasteiger partial charge >= 0.3 is 0 Å². The lowest BCUT2D eigenvalue weighted by Gasteiger charge is -2.28. The van der Waals surface area contributed by atoms with Gasteiger partial charge in [-0.2, -0.15) is 0 Å². The number of carbonyl (C=O) groups is 2. The summed E-state index contributed by atoms with van der Waals surface area (Å²) in [6.45, 7) is 1.37. The Morgan fingerprint density at radius 3 is 2.52 bits per heavy atom. The van der Waals surface area contributed by atoms with Crippen molar-refractivity contribution in [3.8, 4) is 5.75 Å². The highest BCUT2D eigenvalue weighted by Gasteiger charge is 2.35. The second-order valence-electron chi connectivity index (χ2n) is 7.55. The molecule has 156 valence electrons. The number of anilines is 1. The van der Waals surface area contributed by atoms with Gasteiger partial charge in [0.25, 0.3) is 0 Å². The van der Waals surface area contributed by atoms with E-state index in [2.05, 4.69) is 5.32 Å². The van der Waals surface area contributed by atoms with Crippen molar-refractivity contribution in [2.45, 2.75) is 51.5 Å². The summed E-state index contributed by atoms with van der Waals surface area (Å²) in [4.78, 5) is 24.9. The molecule has 2 unspecified atom stereocenters. The molecule has 1 aromatic carbocycles. The maximum absolute atomic E-state index is 13.3. The van der Waals surface area contributed by atoms with Gasteiger partial charge in [0.2, 0.25) is 0 Å². The topological polar surface area (TPSA) is 127 Å². The summed E-state index contributed by atoms with van der Waals surface area (Å²) < 4.78 is 5.21. The molecule has 1 aliphatic rings. The van der Waals surface area contributed by atoms with Gasteiger partial charge in [-0.1, -0.05) is 25.3 Å². The van der Waals surface area contributed by atoms with Crippen LogP contribution in [0.25, 0.3) is 0 Å². The highest BCUT2D eigenvalue weighted by molar-refractivity contribution is 6.25. The Kier molecular flexibility index (Phi) is 8.24. The van der Waals surface area contributed by atoms with Crippen molar-refractivity contribution in [1.82, 2.24) is 0 Å². The number of Topliss-reactive ketones (excluding diaryl/α,β-unsaturated/α-hetero) is 2. The number of nitrogens with one attached hydrogen (secondary N) is 4. The van der Waals surface area contributed by atoms with Crippen LogP contribution in [0.1, 0.15) is 45.4 Å². The average Bonchev–Trinajstić information content (AvgIpc) is 2.72. The highest BCUT2D eigenvalue weighted by Crippen LogP contribution is 2.28. The predicted molar refractivity (Wildman–Crippen MR) is 115 cm³/mol. The third-order valence-electron chi connectivity index (χ3n) is 5.31. The third-order valence-corrected chi connectivity index (χ3v) is 5.31. The van der Waals surface area contributed by atoms with Gasteiger partial charge in [-0.15, -0.1) is 0 Å². The molecule has 4 N–H and O–H groups in total. The number of ketones is 2. The lowest BCUT2D eigenvalue weighted by atomic mass is 9.78. The van der Waals surface area contributed by atoms with Crippen LogP contribution in [0.15, 0.2) is 24.3 Å². The van der Waals surface area contributed by atoms with E-state index in [1.54, 1.807) is 24.3 Å². The van der Waals surface area contributed by atoms with Crippen molar-refractivity contribution in [3.05, 3.63) is 24.3 Å². The molecule has 0 radical (unpaired) electrons. The molecule has 1 fully saturated rings. The van der Waals surface area contributed by atoms with Gasteiger partial charge in [-0.25, -0.2) is 0 Å². The molecular formula is C22H30N4O3. The van der Waals surface area contributed by atoms with E-state index in [0.29, 0.717) is 11.4 Å². The first-order valence-electron chi connectivity index (χ1n) is 9.97. The van der Waals surface area contributed by atoms with Crippen LogP contribution in [0.5, 0.6) is 5.75 Å². The van der Waals surface area contributed by atoms with Crippen LogP contribution in [-0.4, -0.2) is 42.4 Å². The Hall–Kier alpha value is -2.83. The standard InChI is InChI=1S/C22H30N4O3/c1-14(27)11-19(24)21(26-16-9-6-10-17(12-16)29-2)22(28)18(13-23)20(25)15-7-4-3-5-8-15/h6,9-10,12-13,15,18,21,23-26H,3-5,7-8,11H2,1-2H3. The van der Waals surface area contributed by atoms with Gasteiger partial charge in [-0.3, -0.25) is 9.59 Å². The fourth-order valence-corrected chi connectivity index (χ4v) is 3.75. The summed E-state index contributed by atoms with van der Waals surface area (Å²) in [5.74, 6) is -1.05. The third kappa shape index (κ3) is 6.07. The number of methoxy groups -OCH3 is 1. The molecule has 0 aromatic heterocycles. The molecule has 2 atom stereocenters. The minimum absolute atomic E-state index is 0.00115. The lowest BCUT2D eigenvalue weighted by molar-refractivity contribution is -0.118. The van der Waals surface area contributed by atoms with E-state index in [1.807, 2.05) is 0 Å². The zero-order valence-corrected chi connectivity index (χ0v) is 17.1. The second kappa shape index (κ2) is 10.6. The van der Waals surface area contributed by atoms with E-state index in [1.165, 1.54) is 14.0 Å². The zero-order chi connectivity index (χ0) is 21.4. The summed E-state index contributed by atoms with van der Waals surface area (Å²) in [6.07, 6.45) is 5.74. The molecular weight excluding hydrogens is 368 g/mol. The number of ether oxygens (including phenoxy) is 1. The Bertz CT molecular complexity index is 784. The fraction of sp³-hybridized carbons (Fsp3) is 0.500. The largest absolute Gasteiger partial charge is 0.497 e. The molecule has 0 aliphatic heterocycles. The zero-order valence-electron chi connectivity index (χ0n) is 17.1.